The van der Waals surface area contributed by atoms with Crippen molar-refractivity contribution in [1.29, 1.82) is 0 Å². The van der Waals surface area contributed by atoms with Crippen LogP contribution < -0.4 is 20.9 Å². The van der Waals surface area contributed by atoms with Crippen molar-refractivity contribution in [1.82, 2.24) is 25.7 Å². The average molecular weight is 425 g/mol. The van der Waals surface area contributed by atoms with Gasteiger partial charge in [0, 0.05) is 51.3 Å². The molecule has 1 aromatic heterocycles. The number of fused-ring (bicyclic) bond motifs is 1. The van der Waals surface area contributed by atoms with E-state index in [0.717, 1.165) is 37.3 Å². The molecule has 5 rings (SSSR count). The van der Waals surface area contributed by atoms with E-state index in [4.69, 9.17) is 4.42 Å². The Morgan fingerprint density at radius 3 is 2.81 bits per heavy atom. The minimum absolute atomic E-state index is 0.200. The molecule has 1 unspecified atom stereocenters. The molecule has 0 aliphatic carbocycles. The molecular formula is C20H23N7O4. The molecule has 4 heterocycles. The second kappa shape index (κ2) is 7.99. The van der Waals surface area contributed by atoms with Crippen LogP contribution in [0.1, 0.15) is 34.3 Å². The first-order valence-corrected chi connectivity index (χ1v) is 10.4. The van der Waals surface area contributed by atoms with E-state index < -0.39 is 11.9 Å². The Morgan fingerprint density at radius 1 is 1.16 bits per heavy atom. The zero-order valence-corrected chi connectivity index (χ0v) is 16.9. The highest BCUT2D eigenvalue weighted by molar-refractivity contribution is 6.06. The van der Waals surface area contributed by atoms with Crippen molar-refractivity contribution in [3.8, 4) is 0 Å². The van der Waals surface area contributed by atoms with Crippen molar-refractivity contribution in [2.24, 2.45) is 0 Å². The fourth-order valence-corrected chi connectivity index (χ4v) is 4.28. The van der Waals surface area contributed by atoms with Gasteiger partial charge in [-0.05, 0) is 17.5 Å². The monoisotopic (exact) mass is 425 g/mol. The minimum atomic E-state index is -0.629. The highest BCUT2D eigenvalue weighted by atomic mass is 16.4. The van der Waals surface area contributed by atoms with Gasteiger partial charge in [-0.3, -0.25) is 19.7 Å². The summed E-state index contributed by atoms with van der Waals surface area (Å²) >= 11 is 0. The highest BCUT2D eigenvalue weighted by Crippen LogP contribution is 2.30. The van der Waals surface area contributed by atoms with E-state index in [1.807, 2.05) is 23.1 Å². The van der Waals surface area contributed by atoms with Crippen LogP contribution >= 0.6 is 0 Å². The number of rotatable bonds is 5. The molecule has 0 saturated carbocycles. The summed E-state index contributed by atoms with van der Waals surface area (Å²) < 4.78 is 5.72. The predicted molar refractivity (Wildman–Crippen MR) is 109 cm³/mol. The van der Waals surface area contributed by atoms with Crippen molar-refractivity contribution in [2.45, 2.75) is 32.0 Å². The lowest BCUT2D eigenvalue weighted by atomic mass is 10.0. The normalized spacial score (nSPS) is 21.3. The number of nitrogens with zero attached hydrogens (tertiary/aromatic N) is 4. The van der Waals surface area contributed by atoms with E-state index in [9.17, 15) is 14.4 Å². The number of hydrogen-bond acceptors (Lipinski definition) is 9. The third-order valence-electron chi connectivity index (χ3n) is 5.87. The Labute approximate surface area is 178 Å². The van der Waals surface area contributed by atoms with Gasteiger partial charge in [0.2, 0.25) is 11.8 Å². The Morgan fingerprint density at radius 2 is 2.00 bits per heavy atom. The molecule has 0 radical (unpaired) electrons. The standard InChI is InChI=1S/C20H23N7O4/c28-15-5-4-14(17(29)23-15)27-11-13-3-1-2-12(16(13)18(27)30)10-22-19-24-25-20(31-19)26-8-6-21-7-9-26/h1-3,14,21H,4-11H2,(H,22,24)(H,23,28,29). The Balaban J connectivity index is 1.28. The molecule has 2 saturated heterocycles. The number of aromatic nitrogens is 2. The lowest BCUT2D eigenvalue weighted by molar-refractivity contribution is -0.136. The smallest absolute Gasteiger partial charge is 0.319 e. The van der Waals surface area contributed by atoms with Crippen LogP contribution in [0.2, 0.25) is 0 Å². The summed E-state index contributed by atoms with van der Waals surface area (Å²) in [6, 6.07) is 5.78. The maximum atomic E-state index is 13.1. The van der Waals surface area contributed by atoms with E-state index in [1.165, 1.54) is 0 Å². The Bertz CT molecular complexity index is 1030. The van der Waals surface area contributed by atoms with Crippen molar-refractivity contribution in [2.75, 3.05) is 36.4 Å². The SMILES string of the molecule is O=C1CCC(N2Cc3cccc(CNc4nnc(N5CCNCC5)o4)c3C2=O)C(=O)N1. The number of piperidine rings is 1. The fourth-order valence-electron chi connectivity index (χ4n) is 4.28. The topological polar surface area (TPSA) is 133 Å². The molecule has 2 fully saturated rings. The van der Waals surface area contributed by atoms with Gasteiger partial charge in [0.25, 0.3) is 5.91 Å². The molecule has 11 nitrogen and oxygen atoms in total. The number of benzene rings is 1. The summed E-state index contributed by atoms with van der Waals surface area (Å²) in [5, 5.41) is 16.9. The van der Waals surface area contributed by atoms with Crippen LogP contribution in [0.25, 0.3) is 0 Å². The van der Waals surface area contributed by atoms with E-state index >= 15 is 0 Å². The van der Waals surface area contributed by atoms with Crippen LogP contribution in [0.3, 0.4) is 0 Å². The van der Waals surface area contributed by atoms with Crippen LogP contribution in [0.15, 0.2) is 22.6 Å². The van der Waals surface area contributed by atoms with Gasteiger partial charge in [0.05, 0.1) is 0 Å². The summed E-state index contributed by atoms with van der Waals surface area (Å²) in [7, 11) is 0. The molecule has 162 valence electrons. The first-order valence-electron chi connectivity index (χ1n) is 10.4. The molecule has 11 heteroatoms. The zero-order valence-electron chi connectivity index (χ0n) is 16.9. The molecule has 0 spiro atoms. The van der Waals surface area contributed by atoms with Crippen molar-refractivity contribution in [3.05, 3.63) is 34.9 Å². The van der Waals surface area contributed by atoms with E-state index in [0.29, 0.717) is 37.1 Å². The van der Waals surface area contributed by atoms with E-state index in [-0.39, 0.29) is 18.2 Å². The molecule has 1 atom stereocenters. The molecule has 1 aromatic carbocycles. The lowest BCUT2D eigenvalue weighted by Gasteiger charge is -2.29. The Kier molecular flexibility index (Phi) is 5.02. The molecule has 3 aliphatic heterocycles. The molecule has 3 N–H and O–H groups in total. The van der Waals surface area contributed by atoms with Crippen LogP contribution in [0.4, 0.5) is 12.0 Å². The molecule has 31 heavy (non-hydrogen) atoms. The van der Waals surface area contributed by atoms with Gasteiger partial charge in [-0.2, -0.15) is 0 Å². The van der Waals surface area contributed by atoms with Gasteiger partial charge in [-0.1, -0.05) is 28.4 Å². The van der Waals surface area contributed by atoms with Gasteiger partial charge in [0.15, 0.2) is 0 Å². The maximum Gasteiger partial charge on any atom is 0.319 e. The summed E-state index contributed by atoms with van der Waals surface area (Å²) in [6.45, 7) is 4.03. The van der Waals surface area contributed by atoms with Gasteiger partial charge < -0.3 is 24.9 Å². The van der Waals surface area contributed by atoms with E-state index in [2.05, 4.69) is 26.1 Å². The summed E-state index contributed by atoms with van der Waals surface area (Å²) in [4.78, 5) is 40.4. The van der Waals surface area contributed by atoms with Gasteiger partial charge >= 0.3 is 12.0 Å². The number of anilines is 2. The van der Waals surface area contributed by atoms with E-state index in [1.54, 1.807) is 4.90 Å². The predicted octanol–water partition coefficient (Wildman–Crippen LogP) is -0.148. The summed E-state index contributed by atoms with van der Waals surface area (Å²) in [6.07, 6.45) is 0.576. The first-order chi connectivity index (χ1) is 15.1. The molecule has 3 aliphatic rings. The van der Waals surface area contributed by atoms with Crippen molar-refractivity contribution >= 4 is 29.8 Å². The fraction of sp³-hybridized carbons (Fsp3) is 0.450. The second-order valence-corrected chi connectivity index (χ2v) is 7.83. The summed E-state index contributed by atoms with van der Waals surface area (Å²) in [5.41, 5.74) is 2.24. The summed E-state index contributed by atoms with van der Waals surface area (Å²) in [5.74, 6) is -0.910. The van der Waals surface area contributed by atoms with Gasteiger partial charge in [0.1, 0.15) is 6.04 Å². The van der Waals surface area contributed by atoms with Crippen LogP contribution in [0.5, 0.6) is 0 Å². The molecule has 0 bridgehead atoms. The average Bonchev–Trinajstić information content (AvgIpc) is 3.38. The third kappa shape index (κ3) is 3.72. The molecule has 2 aromatic rings. The van der Waals surface area contributed by atoms with Crippen LogP contribution in [-0.4, -0.2) is 65.0 Å². The quantitative estimate of drug-likeness (QED) is 0.560. The van der Waals surface area contributed by atoms with Gasteiger partial charge in [-0.15, -0.1) is 0 Å². The van der Waals surface area contributed by atoms with Gasteiger partial charge in [-0.25, -0.2) is 0 Å². The van der Waals surface area contributed by atoms with Crippen molar-refractivity contribution in [3.63, 3.8) is 0 Å². The number of nitrogens with one attached hydrogen (secondary N) is 3. The number of piperazine rings is 1. The number of carbonyl (C=O) groups excluding carboxylic acids is 3. The number of carbonyl (C=O) groups is 3. The number of imide groups is 1. The largest absolute Gasteiger partial charge is 0.389 e. The Hall–Kier alpha value is -3.47. The van der Waals surface area contributed by atoms with Crippen molar-refractivity contribution < 1.29 is 18.8 Å². The highest BCUT2D eigenvalue weighted by Gasteiger charge is 2.39. The van der Waals surface area contributed by atoms with Crippen LogP contribution in [-0.2, 0) is 22.7 Å². The molecular weight excluding hydrogens is 402 g/mol. The zero-order chi connectivity index (χ0) is 21.4. The maximum absolute atomic E-state index is 13.1. The number of hydrogen-bond donors (Lipinski definition) is 3. The lowest BCUT2D eigenvalue weighted by Crippen LogP contribution is -2.52. The second-order valence-electron chi connectivity index (χ2n) is 7.83. The number of amides is 3. The van der Waals surface area contributed by atoms with Crippen LogP contribution in [0, 0.1) is 0 Å². The third-order valence-corrected chi connectivity index (χ3v) is 5.87. The molecule has 3 amide bonds. The minimum Gasteiger partial charge on any atom is -0.389 e. The first kappa shape index (κ1) is 19.5.